The fraction of sp³-hybridized carbons (Fsp3) is 0.304. The van der Waals surface area contributed by atoms with Gasteiger partial charge in [0.15, 0.2) is 23.0 Å². The van der Waals surface area contributed by atoms with Crippen LogP contribution in [0.1, 0.15) is 30.0 Å². The van der Waals surface area contributed by atoms with Crippen LogP contribution >= 0.6 is 0 Å². The van der Waals surface area contributed by atoms with E-state index >= 15 is 0 Å². The molecule has 1 aromatic heterocycles. The quantitative estimate of drug-likeness (QED) is 0.507. The standard InChI is InChI=1S/C23H26N2O5S/c1-15(17-8-6-5-7-9-17)24-22(26)14-31(27)13-19-16(2)30-23(25-19)18-10-11-20(28-3)21(12-18)29-4/h5-12,15H,13-14H2,1-4H3,(H,24,26). The molecule has 164 valence electrons. The second kappa shape index (κ2) is 10.4. The first-order valence-electron chi connectivity index (χ1n) is 9.79. The van der Waals surface area contributed by atoms with Gasteiger partial charge in [-0.25, -0.2) is 4.98 Å². The lowest BCUT2D eigenvalue weighted by atomic mass is 10.1. The van der Waals surface area contributed by atoms with Crippen LogP contribution in [0.3, 0.4) is 0 Å². The first-order valence-corrected chi connectivity index (χ1v) is 11.3. The van der Waals surface area contributed by atoms with Gasteiger partial charge in [-0.3, -0.25) is 4.79 Å². The molecule has 1 amide bonds. The molecule has 2 atom stereocenters. The first kappa shape index (κ1) is 22.7. The Kier molecular flexibility index (Phi) is 7.59. The van der Waals surface area contributed by atoms with E-state index in [-0.39, 0.29) is 23.5 Å². The molecule has 0 spiro atoms. The largest absolute Gasteiger partial charge is 0.616 e. The number of carbonyl (C=O) groups excluding carboxylic acids is 1. The summed E-state index contributed by atoms with van der Waals surface area (Å²) in [5, 5.41) is 2.88. The van der Waals surface area contributed by atoms with Gasteiger partial charge in [-0.15, -0.1) is 0 Å². The first-order chi connectivity index (χ1) is 14.9. The van der Waals surface area contributed by atoms with Crippen LogP contribution in [0.5, 0.6) is 11.5 Å². The maximum atomic E-state index is 12.6. The number of oxazole rings is 1. The van der Waals surface area contributed by atoms with E-state index in [2.05, 4.69) is 10.3 Å². The van der Waals surface area contributed by atoms with Crippen molar-refractivity contribution in [2.75, 3.05) is 20.0 Å². The Morgan fingerprint density at radius 1 is 1.16 bits per heavy atom. The lowest BCUT2D eigenvalue weighted by Gasteiger charge is -2.15. The number of ether oxygens (including phenoxy) is 2. The van der Waals surface area contributed by atoms with E-state index < -0.39 is 11.2 Å². The number of carbonyl (C=O) groups is 1. The molecule has 7 nitrogen and oxygen atoms in total. The summed E-state index contributed by atoms with van der Waals surface area (Å²) < 4.78 is 28.9. The van der Waals surface area contributed by atoms with E-state index in [1.165, 1.54) is 0 Å². The second-order valence-electron chi connectivity index (χ2n) is 7.02. The maximum Gasteiger partial charge on any atom is 0.270 e. The average Bonchev–Trinajstić information content (AvgIpc) is 3.13. The second-order valence-corrected chi connectivity index (χ2v) is 8.48. The van der Waals surface area contributed by atoms with Gasteiger partial charge in [-0.1, -0.05) is 30.3 Å². The van der Waals surface area contributed by atoms with E-state index in [1.807, 2.05) is 43.3 Å². The maximum absolute atomic E-state index is 12.6. The van der Waals surface area contributed by atoms with Crippen LogP contribution < -0.4 is 14.8 Å². The molecule has 3 rings (SSSR count). The smallest absolute Gasteiger partial charge is 0.270 e. The zero-order valence-electron chi connectivity index (χ0n) is 18.0. The van der Waals surface area contributed by atoms with Crippen molar-refractivity contribution >= 4 is 17.1 Å². The highest BCUT2D eigenvalue weighted by Crippen LogP contribution is 2.32. The van der Waals surface area contributed by atoms with E-state index in [1.54, 1.807) is 33.3 Å². The Balaban J connectivity index is 1.62. The summed E-state index contributed by atoms with van der Waals surface area (Å²) in [6.45, 7) is 3.66. The molecule has 2 aromatic carbocycles. The summed E-state index contributed by atoms with van der Waals surface area (Å²) in [7, 11) is 3.12. The van der Waals surface area contributed by atoms with Crippen molar-refractivity contribution in [3.8, 4) is 23.0 Å². The number of hydrogen-bond acceptors (Lipinski definition) is 6. The number of benzene rings is 2. The van der Waals surface area contributed by atoms with Gasteiger partial charge in [0.05, 0.1) is 20.3 Å². The number of aryl methyl sites for hydroxylation is 1. The number of aromatic nitrogens is 1. The Morgan fingerprint density at radius 2 is 1.87 bits per heavy atom. The summed E-state index contributed by atoms with van der Waals surface area (Å²) in [6, 6.07) is 14.8. The third-order valence-corrected chi connectivity index (χ3v) is 5.97. The average molecular weight is 443 g/mol. The van der Waals surface area contributed by atoms with E-state index in [0.29, 0.717) is 34.4 Å². The van der Waals surface area contributed by atoms with Crippen molar-refractivity contribution in [1.29, 1.82) is 0 Å². The zero-order chi connectivity index (χ0) is 22.4. The summed E-state index contributed by atoms with van der Waals surface area (Å²) >= 11 is -1.42. The van der Waals surface area contributed by atoms with Crippen LogP contribution in [0.4, 0.5) is 0 Å². The highest BCUT2D eigenvalue weighted by atomic mass is 32.2. The number of methoxy groups -OCH3 is 2. The lowest BCUT2D eigenvalue weighted by Crippen LogP contribution is -2.32. The van der Waals surface area contributed by atoms with Gasteiger partial charge in [-0.05, 0) is 48.8 Å². The molecule has 31 heavy (non-hydrogen) atoms. The van der Waals surface area contributed by atoms with Crippen LogP contribution in [0.15, 0.2) is 52.9 Å². The Hall–Kier alpha value is -2.97. The van der Waals surface area contributed by atoms with Crippen molar-refractivity contribution in [3.05, 3.63) is 65.5 Å². The molecule has 0 saturated heterocycles. The van der Waals surface area contributed by atoms with Crippen molar-refractivity contribution in [1.82, 2.24) is 10.3 Å². The predicted molar refractivity (Wildman–Crippen MR) is 119 cm³/mol. The monoisotopic (exact) mass is 442 g/mol. The van der Waals surface area contributed by atoms with Crippen molar-refractivity contribution in [2.24, 2.45) is 0 Å². The zero-order valence-corrected chi connectivity index (χ0v) is 18.8. The molecular weight excluding hydrogens is 416 g/mol. The Bertz CT molecular complexity index is 1020. The minimum atomic E-state index is -1.42. The number of nitrogens with one attached hydrogen (secondary N) is 1. The fourth-order valence-electron chi connectivity index (χ4n) is 3.11. The van der Waals surface area contributed by atoms with Gasteiger partial charge in [-0.2, -0.15) is 0 Å². The molecule has 0 aliphatic rings. The van der Waals surface area contributed by atoms with Crippen molar-refractivity contribution in [3.63, 3.8) is 0 Å². The number of rotatable bonds is 9. The molecule has 0 fully saturated rings. The normalized spacial score (nSPS) is 12.8. The molecule has 8 heteroatoms. The SMILES string of the molecule is COc1ccc(-c2nc(C[S+]([O-])CC(=O)NC(C)c3ccccc3)c(C)o2)cc1OC. The fourth-order valence-corrected chi connectivity index (χ4v) is 4.16. The van der Waals surface area contributed by atoms with Gasteiger partial charge >= 0.3 is 0 Å². The minimum absolute atomic E-state index is 0.102. The van der Waals surface area contributed by atoms with Crippen LogP contribution in [-0.2, 0) is 21.7 Å². The highest BCUT2D eigenvalue weighted by molar-refractivity contribution is 7.91. The van der Waals surface area contributed by atoms with Crippen LogP contribution in [0.25, 0.3) is 11.5 Å². The molecule has 0 bridgehead atoms. The topological polar surface area (TPSA) is 96.7 Å². The molecule has 0 radical (unpaired) electrons. The molecule has 1 N–H and O–H groups in total. The van der Waals surface area contributed by atoms with E-state index in [4.69, 9.17) is 13.9 Å². The van der Waals surface area contributed by atoms with Crippen LogP contribution in [-0.4, -0.2) is 35.4 Å². The van der Waals surface area contributed by atoms with Gasteiger partial charge in [0, 0.05) is 5.56 Å². The van der Waals surface area contributed by atoms with Crippen molar-refractivity contribution < 1.29 is 23.2 Å². The third kappa shape index (κ3) is 5.80. The minimum Gasteiger partial charge on any atom is -0.616 e. The number of nitrogens with zero attached hydrogens (tertiary/aromatic N) is 1. The van der Waals surface area contributed by atoms with Crippen molar-refractivity contribution in [2.45, 2.75) is 25.6 Å². The summed E-state index contributed by atoms with van der Waals surface area (Å²) in [6.07, 6.45) is 0. The summed E-state index contributed by atoms with van der Waals surface area (Å²) in [5.41, 5.74) is 2.27. The van der Waals surface area contributed by atoms with E-state index in [9.17, 15) is 9.35 Å². The van der Waals surface area contributed by atoms with Crippen LogP contribution in [0, 0.1) is 6.92 Å². The molecular formula is C23H26N2O5S. The van der Waals surface area contributed by atoms with Gasteiger partial charge in [0.25, 0.3) is 5.91 Å². The summed E-state index contributed by atoms with van der Waals surface area (Å²) in [5.74, 6) is 1.89. The predicted octanol–water partition coefficient (Wildman–Crippen LogP) is 3.79. The third-order valence-electron chi connectivity index (χ3n) is 4.79. The highest BCUT2D eigenvalue weighted by Gasteiger charge is 2.21. The van der Waals surface area contributed by atoms with E-state index in [0.717, 1.165) is 5.56 Å². The Labute approximate surface area is 185 Å². The summed E-state index contributed by atoms with van der Waals surface area (Å²) in [4.78, 5) is 16.8. The molecule has 0 saturated carbocycles. The number of hydrogen-bond donors (Lipinski definition) is 1. The van der Waals surface area contributed by atoms with Gasteiger partial charge in [0.2, 0.25) is 5.89 Å². The van der Waals surface area contributed by atoms with Gasteiger partial charge in [0.1, 0.15) is 11.5 Å². The van der Waals surface area contributed by atoms with Crippen LogP contribution in [0.2, 0.25) is 0 Å². The molecule has 2 unspecified atom stereocenters. The molecule has 0 aliphatic heterocycles. The molecule has 0 aliphatic carbocycles. The lowest BCUT2D eigenvalue weighted by molar-refractivity contribution is -0.119. The molecule has 1 heterocycles. The number of amides is 1. The molecule has 3 aromatic rings. The Morgan fingerprint density at radius 3 is 2.55 bits per heavy atom. The van der Waals surface area contributed by atoms with Gasteiger partial charge < -0.3 is 23.8 Å².